The van der Waals surface area contributed by atoms with Gasteiger partial charge in [0.15, 0.2) is 0 Å². The van der Waals surface area contributed by atoms with Crippen molar-refractivity contribution in [2.75, 3.05) is 26.2 Å². The summed E-state index contributed by atoms with van der Waals surface area (Å²) in [5.41, 5.74) is 4.66. The molecule has 6 nitrogen and oxygen atoms in total. The smallest absolute Gasteiger partial charge is 0.243 e. The molecule has 0 N–H and O–H groups in total. The van der Waals surface area contributed by atoms with Gasteiger partial charge in [-0.15, -0.1) is 0 Å². The minimum atomic E-state index is -3.41. The van der Waals surface area contributed by atoms with Gasteiger partial charge in [0, 0.05) is 51.0 Å². The van der Waals surface area contributed by atoms with E-state index in [0.29, 0.717) is 18.0 Å². The van der Waals surface area contributed by atoms with Gasteiger partial charge in [-0.25, -0.2) is 8.42 Å². The van der Waals surface area contributed by atoms with Gasteiger partial charge in [-0.2, -0.15) is 9.40 Å². The molecule has 27 heavy (non-hydrogen) atoms. The number of piperazine rings is 1. The fourth-order valence-corrected chi connectivity index (χ4v) is 5.09. The highest BCUT2D eigenvalue weighted by Crippen LogP contribution is 2.21. The van der Waals surface area contributed by atoms with E-state index < -0.39 is 10.0 Å². The van der Waals surface area contributed by atoms with E-state index in [2.05, 4.69) is 23.8 Å². The third kappa shape index (κ3) is 4.25. The van der Waals surface area contributed by atoms with Crippen molar-refractivity contribution in [3.63, 3.8) is 0 Å². The maximum atomic E-state index is 12.9. The summed E-state index contributed by atoms with van der Waals surface area (Å²) in [6, 6.07) is 7.35. The largest absolute Gasteiger partial charge is 0.296 e. The van der Waals surface area contributed by atoms with Crippen molar-refractivity contribution >= 4 is 10.0 Å². The second-order valence-corrected chi connectivity index (χ2v) is 9.29. The van der Waals surface area contributed by atoms with E-state index in [1.165, 1.54) is 16.8 Å². The third-order valence-corrected chi connectivity index (χ3v) is 7.38. The molecule has 0 amide bonds. The molecule has 1 fully saturated rings. The van der Waals surface area contributed by atoms with E-state index in [1.807, 2.05) is 30.8 Å². The van der Waals surface area contributed by atoms with Crippen molar-refractivity contribution in [2.45, 2.75) is 45.1 Å². The average Bonchev–Trinajstić information content (AvgIpc) is 2.89. The molecule has 148 valence electrons. The van der Waals surface area contributed by atoms with Crippen molar-refractivity contribution in [3.05, 3.63) is 46.8 Å². The Kier molecular flexibility index (Phi) is 6.03. The average molecular weight is 391 g/mol. The molecule has 0 saturated carbocycles. The van der Waals surface area contributed by atoms with Gasteiger partial charge in [0.2, 0.25) is 10.0 Å². The zero-order valence-corrected chi connectivity index (χ0v) is 17.6. The lowest BCUT2D eigenvalue weighted by molar-refractivity contribution is 0.181. The number of hydrogen-bond donors (Lipinski definition) is 0. The molecule has 1 aromatic heterocycles. The Bertz CT molecular complexity index is 879. The van der Waals surface area contributed by atoms with Gasteiger partial charge in [0.05, 0.1) is 10.6 Å². The number of rotatable bonds is 6. The van der Waals surface area contributed by atoms with Gasteiger partial charge in [-0.3, -0.25) is 9.58 Å². The quantitative estimate of drug-likeness (QED) is 0.760. The van der Waals surface area contributed by atoms with Crippen LogP contribution in [0.15, 0.2) is 29.2 Å². The summed E-state index contributed by atoms with van der Waals surface area (Å²) in [5, 5.41) is 4.47. The first kappa shape index (κ1) is 20.0. The zero-order valence-electron chi connectivity index (χ0n) is 16.8. The molecule has 0 bridgehead atoms. The van der Waals surface area contributed by atoms with Crippen molar-refractivity contribution in [2.24, 2.45) is 7.05 Å². The molecule has 0 atom stereocenters. The Labute approximate surface area is 162 Å². The second kappa shape index (κ2) is 8.12. The molecular weight excluding hydrogens is 360 g/mol. The summed E-state index contributed by atoms with van der Waals surface area (Å²) in [5.74, 6) is 0. The van der Waals surface area contributed by atoms with E-state index in [0.717, 1.165) is 38.2 Å². The maximum Gasteiger partial charge on any atom is 0.243 e. The number of nitrogens with zero attached hydrogens (tertiary/aromatic N) is 4. The van der Waals surface area contributed by atoms with Crippen LogP contribution in [0, 0.1) is 13.8 Å². The van der Waals surface area contributed by atoms with Crippen LogP contribution in [0.25, 0.3) is 0 Å². The lowest BCUT2D eigenvalue weighted by atomic mass is 10.1. The Morgan fingerprint density at radius 3 is 2.19 bits per heavy atom. The summed E-state index contributed by atoms with van der Waals surface area (Å²) in [7, 11) is -1.45. The monoisotopic (exact) mass is 390 g/mol. The van der Waals surface area contributed by atoms with Crippen LogP contribution in [0.2, 0.25) is 0 Å². The molecule has 0 unspecified atom stereocenters. The summed E-state index contributed by atoms with van der Waals surface area (Å²) in [6.07, 6.45) is 2.04. The predicted molar refractivity (Wildman–Crippen MR) is 107 cm³/mol. The summed E-state index contributed by atoms with van der Waals surface area (Å²) in [4.78, 5) is 2.71. The molecule has 0 aliphatic carbocycles. The zero-order chi connectivity index (χ0) is 19.6. The molecular formula is C20H30N4O2S. The van der Waals surface area contributed by atoms with Crippen LogP contribution < -0.4 is 0 Å². The number of hydrogen-bond acceptors (Lipinski definition) is 4. The van der Waals surface area contributed by atoms with Gasteiger partial charge in [-0.1, -0.05) is 25.5 Å². The molecule has 0 radical (unpaired) electrons. The van der Waals surface area contributed by atoms with Crippen molar-refractivity contribution in [1.29, 1.82) is 0 Å². The Morgan fingerprint density at radius 1 is 1.04 bits per heavy atom. The van der Waals surface area contributed by atoms with Gasteiger partial charge < -0.3 is 0 Å². The third-order valence-electron chi connectivity index (χ3n) is 5.47. The Morgan fingerprint density at radius 2 is 1.67 bits per heavy atom. The SMILES string of the molecule is CCCc1ccc(S(=O)(=O)N2CCN(Cc3c(C)nn(C)c3C)CC2)cc1. The Balaban J connectivity index is 1.64. The van der Waals surface area contributed by atoms with Crippen molar-refractivity contribution in [3.8, 4) is 0 Å². The highest BCUT2D eigenvalue weighted by molar-refractivity contribution is 7.89. The molecule has 1 aliphatic rings. The van der Waals surface area contributed by atoms with Gasteiger partial charge in [0.25, 0.3) is 0 Å². The number of aromatic nitrogens is 2. The van der Waals surface area contributed by atoms with Crippen LogP contribution in [0.5, 0.6) is 0 Å². The maximum absolute atomic E-state index is 12.9. The highest BCUT2D eigenvalue weighted by atomic mass is 32.2. The predicted octanol–water partition coefficient (Wildman–Crippen LogP) is 2.50. The standard InChI is InChI=1S/C20H30N4O2S/c1-5-6-18-7-9-19(10-8-18)27(25,26)24-13-11-23(12-14-24)15-20-16(2)21-22(4)17(20)3/h7-10H,5-6,11-15H2,1-4H3. The summed E-state index contributed by atoms with van der Waals surface area (Å²) in [6.45, 7) is 9.59. The minimum absolute atomic E-state index is 0.398. The number of sulfonamides is 1. The van der Waals surface area contributed by atoms with Crippen molar-refractivity contribution < 1.29 is 8.42 Å². The molecule has 3 rings (SSSR count). The normalized spacial score (nSPS) is 16.7. The van der Waals surface area contributed by atoms with Crippen LogP contribution in [0.3, 0.4) is 0 Å². The fourth-order valence-electron chi connectivity index (χ4n) is 3.66. The van der Waals surface area contributed by atoms with E-state index >= 15 is 0 Å². The lowest BCUT2D eigenvalue weighted by Gasteiger charge is -2.34. The van der Waals surface area contributed by atoms with E-state index in [-0.39, 0.29) is 0 Å². The fraction of sp³-hybridized carbons (Fsp3) is 0.550. The lowest BCUT2D eigenvalue weighted by Crippen LogP contribution is -2.48. The van der Waals surface area contributed by atoms with Crippen LogP contribution >= 0.6 is 0 Å². The number of benzene rings is 1. The molecule has 7 heteroatoms. The van der Waals surface area contributed by atoms with Crippen LogP contribution in [0.1, 0.15) is 35.9 Å². The number of aryl methyl sites for hydroxylation is 3. The second-order valence-electron chi connectivity index (χ2n) is 7.35. The summed E-state index contributed by atoms with van der Waals surface area (Å²) >= 11 is 0. The molecule has 2 heterocycles. The first-order chi connectivity index (χ1) is 12.8. The Hall–Kier alpha value is -1.70. The van der Waals surface area contributed by atoms with E-state index in [1.54, 1.807) is 16.4 Å². The molecule has 2 aromatic rings. The first-order valence-corrected chi connectivity index (χ1v) is 11.1. The van der Waals surface area contributed by atoms with Crippen molar-refractivity contribution in [1.82, 2.24) is 19.0 Å². The topological polar surface area (TPSA) is 58.4 Å². The van der Waals surface area contributed by atoms with Gasteiger partial charge in [0.1, 0.15) is 0 Å². The highest BCUT2D eigenvalue weighted by Gasteiger charge is 2.29. The van der Waals surface area contributed by atoms with Crippen LogP contribution in [0.4, 0.5) is 0 Å². The minimum Gasteiger partial charge on any atom is -0.296 e. The van der Waals surface area contributed by atoms with Gasteiger partial charge >= 0.3 is 0 Å². The summed E-state index contributed by atoms with van der Waals surface area (Å²) < 4.78 is 29.4. The van der Waals surface area contributed by atoms with E-state index in [9.17, 15) is 8.42 Å². The van der Waals surface area contributed by atoms with Crippen LogP contribution in [-0.2, 0) is 30.0 Å². The molecule has 1 aromatic carbocycles. The van der Waals surface area contributed by atoms with Crippen LogP contribution in [-0.4, -0.2) is 53.6 Å². The van der Waals surface area contributed by atoms with Gasteiger partial charge in [-0.05, 0) is 38.0 Å². The van der Waals surface area contributed by atoms with E-state index in [4.69, 9.17) is 0 Å². The first-order valence-electron chi connectivity index (χ1n) is 9.63. The molecule has 1 aliphatic heterocycles. The molecule has 1 saturated heterocycles. The molecule has 0 spiro atoms.